The Morgan fingerprint density at radius 1 is 0.939 bits per heavy atom. The summed E-state index contributed by atoms with van der Waals surface area (Å²) in [6.07, 6.45) is 2.10. The van der Waals surface area contributed by atoms with Crippen LogP contribution in [0.1, 0.15) is 47.5 Å². The van der Waals surface area contributed by atoms with Crippen molar-refractivity contribution >= 4 is 81.3 Å². The largest absolute Gasteiger partial charge is 0.349 e. The molecule has 0 radical (unpaired) electrons. The van der Waals surface area contributed by atoms with E-state index in [1.807, 2.05) is 0 Å². The second-order valence-corrected chi connectivity index (χ2v) is 11.0. The number of amides is 2. The molecule has 0 aromatic heterocycles. The fraction of sp³-hybridized carbons (Fsp3) is 0.348. The highest BCUT2D eigenvalue weighted by Gasteiger charge is 2.67. The molecular weight excluding hydrogens is 530 g/mol. The normalized spacial score (nSPS) is 22.0. The van der Waals surface area contributed by atoms with Crippen molar-refractivity contribution in [3.63, 3.8) is 0 Å². The standard InChI is InChI=1S/C23H19Cl5N2O3/c24-12-7-11(8-13(25)9-12)19-20(23(19,27)28)22(33)30-15-3-6-18(26)17(10-15)21(32)29-14-1-4-16(31)5-2-14/h3,6-10,14,19-20H,1-2,4-5H2,(H,29,32)(H,30,33). The van der Waals surface area contributed by atoms with Crippen LogP contribution in [0.3, 0.4) is 0 Å². The first-order valence-corrected chi connectivity index (χ1v) is 12.2. The quantitative estimate of drug-likeness (QED) is 0.424. The Labute approximate surface area is 216 Å². The molecule has 2 aliphatic rings. The number of halogens is 5. The fourth-order valence-electron chi connectivity index (χ4n) is 4.17. The number of carbonyl (C=O) groups excluding carboxylic acids is 3. The van der Waals surface area contributed by atoms with E-state index in [9.17, 15) is 14.4 Å². The number of anilines is 1. The molecule has 5 nitrogen and oxygen atoms in total. The van der Waals surface area contributed by atoms with E-state index in [1.54, 1.807) is 24.3 Å². The van der Waals surface area contributed by atoms with Gasteiger partial charge in [0.25, 0.3) is 5.91 Å². The highest BCUT2D eigenvalue weighted by molar-refractivity contribution is 6.53. The number of ketones is 1. The molecule has 2 fully saturated rings. The van der Waals surface area contributed by atoms with E-state index in [0.717, 1.165) is 0 Å². The zero-order valence-corrected chi connectivity index (χ0v) is 20.9. The summed E-state index contributed by atoms with van der Waals surface area (Å²) in [6, 6.07) is 9.47. The Hall–Kier alpha value is -1.50. The first-order chi connectivity index (χ1) is 15.6. The van der Waals surface area contributed by atoms with Crippen molar-refractivity contribution in [2.75, 3.05) is 5.32 Å². The van der Waals surface area contributed by atoms with Gasteiger partial charge in [0.1, 0.15) is 10.1 Å². The lowest BCUT2D eigenvalue weighted by Crippen LogP contribution is -2.37. The van der Waals surface area contributed by atoms with E-state index in [2.05, 4.69) is 10.6 Å². The van der Waals surface area contributed by atoms with Crippen molar-refractivity contribution in [3.05, 3.63) is 62.6 Å². The SMILES string of the molecule is O=C1CCC(NC(=O)c2cc(NC(=O)C3C(c4cc(Cl)cc(Cl)c4)C3(Cl)Cl)ccc2Cl)CC1. The van der Waals surface area contributed by atoms with E-state index < -0.39 is 22.1 Å². The first kappa shape index (κ1) is 24.6. The minimum absolute atomic E-state index is 0.0885. The molecule has 2 amide bonds. The van der Waals surface area contributed by atoms with Gasteiger partial charge in [0.2, 0.25) is 5.91 Å². The Kier molecular flexibility index (Phi) is 7.18. The van der Waals surface area contributed by atoms with Gasteiger partial charge in [-0.25, -0.2) is 0 Å². The van der Waals surface area contributed by atoms with E-state index in [1.165, 1.54) is 12.1 Å². The summed E-state index contributed by atoms with van der Waals surface area (Å²) < 4.78 is -1.32. The lowest BCUT2D eigenvalue weighted by Gasteiger charge is -2.22. The summed E-state index contributed by atoms with van der Waals surface area (Å²) in [6.45, 7) is 0. The number of carbonyl (C=O) groups is 3. The lowest BCUT2D eigenvalue weighted by atomic mass is 9.94. The maximum absolute atomic E-state index is 12.9. The third kappa shape index (κ3) is 5.44. The molecule has 0 heterocycles. The van der Waals surface area contributed by atoms with Gasteiger partial charge in [-0.05, 0) is 54.8 Å². The predicted octanol–water partition coefficient (Wildman–Crippen LogP) is 6.41. The third-order valence-corrected chi connectivity index (χ3v) is 7.64. The Morgan fingerprint density at radius 3 is 2.21 bits per heavy atom. The average Bonchev–Trinajstić information content (AvgIpc) is 3.32. The molecule has 2 aromatic carbocycles. The van der Waals surface area contributed by atoms with Gasteiger partial charge in [-0.3, -0.25) is 14.4 Å². The first-order valence-electron chi connectivity index (χ1n) is 10.3. The Morgan fingerprint density at radius 2 is 1.58 bits per heavy atom. The van der Waals surface area contributed by atoms with Gasteiger partial charge in [-0.15, -0.1) is 23.2 Å². The Balaban J connectivity index is 1.46. The molecule has 2 aliphatic carbocycles. The fourth-order valence-corrected chi connectivity index (χ4v) is 5.74. The van der Waals surface area contributed by atoms with E-state index in [-0.39, 0.29) is 28.3 Å². The molecular formula is C23H19Cl5N2O3. The predicted molar refractivity (Wildman–Crippen MR) is 132 cm³/mol. The van der Waals surface area contributed by atoms with Gasteiger partial charge in [-0.2, -0.15) is 0 Å². The molecule has 2 N–H and O–H groups in total. The van der Waals surface area contributed by atoms with Crippen LogP contribution in [0.4, 0.5) is 5.69 Å². The molecule has 2 atom stereocenters. The van der Waals surface area contributed by atoms with Crippen molar-refractivity contribution in [1.29, 1.82) is 0 Å². The second-order valence-electron chi connectivity index (χ2n) is 8.30. The summed E-state index contributed by atoms with van der Waals surface area (Å²) in [5.74, 6) is -1.78. The van der Waals surface area contributed by atoms with E-state index in [0.29, 0.717) is 47.0 Å². The number of rotatable bonds is 5. The summed E-state index contributed by atoms with van der Waals surface area (Å²) in [7, 11) is 0. The van der Waals surface area contributed by atoms with Gasteiger partial charge in [-0.1, -0.05) is 34.8 Å². The molecule has 2 aromatic rings. The minimum Gasteiger partial charge on any atom is -0.349 e. The van der Waals surface area contributed by atoms with Gasteiger partial charge in [0, 0.05) is 40.5 Å². The van der Waals surface area contributed by atoms with Crippen LogP contribution in [0.15, 0.2) is 36.4 Å². The van der Waals surface area contributed by atoms with Crippen LogP contribution in [0, 0.1) is 5.92 Å². The van der Waals surface area contributed by atoms with Crippen LogP contribution in [0.2, 0.25) is 15.1 Å². The van der Waals surface area contributed by atoms with Gasteiger partial charge < -0.3 is 10.6 Å². The smallest absolute Gasteiger partial charge is 0.253 e. The van der Waals surface area contributed by atoms with Gasteiger partial charge in [0.15, 0.2) is 0 Å². The Bertz CT molecular complexity index is 1110. The zero-order valence-electron chi connectivity index (χ0n) is 17.1. The number of benzene rings is 2. The van der Waals surface area contributed by atoms with Crippen molar-refractivity contribution in [2.24, 2.45) is 5.92 Å². The molecule has 0 saturated heterocycles. The van der Waals surface area contributed by atoms with Gasteiger partial charge in [0.05, 0.1) is 16.5 Å². The van der Waals surface area contributed by atoms with Crippen LogP contribution in [0.25, 0.3) is 0 Å². The van der Waals surface area contributed by atoms with E-state index in [4.69, 9.17) is 58.0 Å². The summed E-state index contributed by atoms with van der Waals surface area (Å²) in [4.78, 5) is 37.1. The topological polar surface area (TPSA) is 75.3 Å². The van der Waals surface area contributed by atoms with E-state index >= 15 is 0 Å². The van der Waals surface area contributed by atoms with Crippen molar-refractivity contribution < 1.29 is 14.4 Å². The number of hydrogen-bond acceptors (Lipinski definition) is 3. The van der Waals surface area contributed by atoms with Crippen molar-refractivity contribution in [2.45, 2.75) is 42.0 Å². The third-order valence-electron chi connectivity index (χ3n) is 5.94. The molecule has 2 unspecified atom stereocenters. The van der Waals surface area contributed by atoms with Crippen LogP contribution in [-0.2, 0) is 9.59 Å². The summed E-state index contributed by atoms with van der Waals surface area (Å²) in [5, 5.41) is 6.76. The maximum atomic E-state index is 12.9. The number of hydrogen-bond donors (Lipinski definition) is 2. The number of nitrogens with one attached hydrogen (secondary N) is 2. The minimum atomic E-state index is -1.32. The van der Waals surface area contributed by atoms with Crippen molar-refractivity contribution in [3.8, 4) is 0 Å². The second kappa shape index (κ2) is 9.63. The number of alkyl halides is 2. The molecule has 174 valence electrons. The summed E-state index contributed by atoms with van der Waals surface area (Å²) >= 11 is 31.2. The maximum Gasteiger partial charge on any atom is 0.253 e. The average molecular weight is 549 g/mol. The lowest BCUT2D eigenvalue weighted by molar-refractivity contribution is -0.120. The van der Waals surface area contributed by atoms with Crippen LogP contribution < -0.4 is 10.6 Å². The molecule has 4 rings (SSSR count). The molecule has 0 bridgehead atoms. The molecule has 10 heteroatoms. The highest BCUT2D eigenvalue weighted by Crippen LogP contribution is 2.65. The molecule has 0 aliphatic heterocycles. The molecule has 0 spiro atoms. The number of Topliss-reactive ketones (excluding diaryl/α,β-unsaturated/α-hetero) is 1. The monoisotopic (exact) mass is 546 g/mol. The van der Waals surface area contributed by atoms with Gasteiger partial charge >= 0.3 is 0 Å². The zero-order chi connectivity index (χ0) is 23.9. The molecule has 2 saturated carbocycles. The van der Waals surface area contributed by atoms with Crippen LogP contribution in [0.5, 0.6) is 0 Å². The highest BCUT2D eigenvalue weighted by atomic mass is 35.5. The molecule has 33 heavy (non-hydrogen) atoms. The summed E-state index contributed by atoms with van der Waals surface area (Å²) in [5.41, 5.74) is 1.27. The van der Waals surface area contributed by atoms with Crippen LogP contribution >= 0.6 is 58.0 Å². The van der Waals surface area contributed by atoms with Crippen molar-refractivity contribution in [1.82, 2.24) is 5.32 Å². The van der Waals surface area contributed by atoms with Crippen LogP contribution in [-0.4, -0.2) is 28.0 Å².